The van der Waals surface area contributed by atoms with Gasteiger partial charge in [-0.05, 0) is 76.7 Å². The average molecular weight is 582 g/mol. The molecule has 0 amide bonds. The van der Waals surface area contributed by atoms with E-state index >= 15 is 0 Å². The number of benzene rings is 3. The molecule has 1 heterocycles. The van der Waals surface area contributed by atoms with Crippen molar-refractivity contribution in [2.75, 3.05) is 23.2 Å². The molecule has 1 aromatic heterocycles. The fraction of sp³-hybridized carbons (Fsp3) is 0.0435. The van der Waals surface area contributed by atoms with Gasteiger partial charge in [-0.3, -0.25) is 10.1 Å². The highest BCUT2D eigenvalue weighted by Gasteiger charge is 2.09. The summed E-state index contributed by atoms with van der Waals surface area (Å²) in [6.45, 7) is 0. The van der Waals surface area contributed by atoms with Gasteiger partial charge in [0, 0.05) is 27.1 Å². The molecule has 0 atom stereocenters. The van der Waals surface area contributed by atoms with E-state index in [1.165, 1.54) is 12.1 Å². The molecule has 0 unspecified atom stereocenters. The second-order valence-electron chi connectivity index (χ2n) is 7.01. The highest BCUT2D eigenvalue weighted by atomic mass is 127. The van der Waals surface area contributed by atoms with Gasteiger partial charge < -0.3 is 15.4 Å². The van der Waals surface area contributed by atoms with Crippen LogP contribution in [0.15, 0.2) is 77.9 Å². The van der Waals surface area contributed by atoms with Crippen molar-refractivity contribution in [1.82, 2.24) is 15.0 Å². The smallest absolute Gasteiger partial charge is 0.269 e. The maximum Gasteiger partial charge on any atom is 0.269 e. The molecule has 4 rings (SSSR count). The van der Waals surface area contributed by atoms with Crippen molar-refractivity contribution in [1.29, 1.82) is 0 Å². The Bertz CT molecular complexity index is 1330. The van der Waals surface area contributed by atoms with Crippen molar-refractivity contribution in [3.63, 3.8) is 0 Å². The number of nitrogens with zero attached hydrogens (tertiary/aromatic N) is 5. The first-order chi connectivity index (χ1) is 17.0. The number of hydrogen-bond donors (Lipinski definition) is 3. The molecule has 3 aromatic carbocycles. The molecule has 0 radical (unpaired) electrons. The van der Waals surface area contributed by atoms with Crippen LogP contribution in [0.5, 0.6) is 5.75 Å². The fourth-order valence-electron chi connectivity index (χ4n) is 2.85. The topological polar surface area (TPSA) is 139 Å². The Morgan fingerprint density at radius 3 is 1.94 bits per heavy atom. The number of nitrogens with one attached hydrogen (secondary N) is 3. The van der Waals surface area contributed by atoms with Crippen LogP contribution in [0, 0.1) is 13.7 Å². The second kappa shape index (κ2) is 11.2. The van der Waals surface area contributed by atoms with E-state index in [-0.39, 0.29) is 23.5 Å². The molecule has 0 bridgehead atoms. The number of halogens is 1. The zero-order valence-electron chi connectivity index (χ0n) is 18.3. The van der Waals surface area contributed by atoms with Crippen LogP contribution < -0.4 is 20.8 Å². The third kappa shape index (κ3) is 6.83. The molecule has 176 valence electrons. The molecule has 0 aliphatic carbocycles. The molecule has 0 aliphatic rings. The Morgan fingerprint density at radius 1 is 0.857 bits per heavy atom. The number of non-ortho nitro benzene ring substituents is 1. The molecular weight excluding hydrogens is 563 g/mol. The highest BCUT2D eigenvalue weighted by Crippen LogP contribution is 2.22. The summed E-state index contributed by atoms with van der Waals surface area (Å²) in [7, 11) is 1.60. The molecule has 0 saturated heterocycles. The van der Waals surface area contributed by atoms with Crippen LogP contribution >= 0.6 is 22.6 Å². The predicted octanol–water partition coefficient (Wildman–Crippen LogP) is 5.33. The minimum absolute atomic E-state index is 0.0136. The first kappa shape index (κ1) is 23.8. The quantitative estimate of drug-likeness (QED) is 0.103. The monoisotopic (exact) mass is 582 g/mol. The summed E-state index contributed by atoms with van der Waals surface area (Å²) in [5.41, 5.74) is 5.03. The summed E-state index contributed by atoms with van der Waals surface area (Å²) < 4.78 is 6.31. The van der Waals surface area contributed by atoms with Crippen molar-refractivity contribution >= 4 is 63.7 Å². The van der Waals surface area contributed by atoms with Crippen molar-refractivity contribution in [2.24, 2.45) is 5.10 Å². The minimum Gasteiger partial charge on any atom is -0.497 e. The molecule has 11 nitrogen and oxygen atoms in total. The summed E-state index contributed by atoms with van der Waals surface area (Å²) in [5.74, 6) is 1.40. The average Bonchev–Trinajstić information content (AvgIpc) is 2.86. The molecule has 0 saturated carbocycles. The van der Waals surface area contributed by atoms with Gasteiger partial charge in [0.05, 0.1) is 18.2 Å². The van der Waals surface area contributed by atoms with E-state index in [4.69, 9.17) is 4.74 Å². The fourth-order valence-corrected chi connectivity index (χ4v) is 3.21. The highest BCUT2D eigenvalue weighted by molar-refractivity contribution is 14.1. The van der Waals surface area contributed by atoms with E-state index in [0.29, 0.717) is 5.69 Å². The van der Waals surface area contributed by atoms with E-state index in [9.17, 15) is 10.1 Å². The van der Waals surface area contributed by atoms with Crippen LogP contribution in [0.25, 0.3) is 0 Å². The SMILES string of the molecule is COc1ccc(Nc2nc(N/N=C/c3ccc(I)cc3)nc(Nc3ccc([N+](=O)[O-])cc3)n2)cc1. The van der Waals surface area contributed by atoms with Crippen molar-refractivity contribution < 1.29 is 9.66 Å². The number of nitro groups is 1. The lowest BCUT2D eigenvalue weighted by Gasteiger charge is -2.10. The number of hydrogen-bond acceptors (Lipinski definition) is 10. The molecule has 35 heavy (non-hydrogen) atoms. The van der Waals surface area contributed by atoms with Crippen LogP contribution in [0.1, 0.15) is 5.56 Å². The third-order valence-corrected chi connectivity index (χ3v) is 5.28. The van der Waals surface area contributed by atoms with Gasteiger partial charge in [0.1, 0.15) is 5.75 Å². The van der Waals surface area contributed by atoms with E-state index in [1.807, 2.05) is 48.5 Å². The van der Waals surface area contributed by atoms with Crippen LogP contribution in [-0.2, 0) is 0 Å². The largest absolute Gasteiger partial charge is 0.497 e. The number of methoxy groups -OCH3 is 1. The molecule has 0 fully saturated rings. The number of anilines is 5. The Labute approximate surface area is 214 Å². The van der Waals surface area contributed by atoms with Crippen molar-refractivity contribution in [3.8, 4) is 5.75 Å². The van der Waals surface area contributed by atoms with E-state index in [1.54, 1.807) is 25.5 Å². The number of ether oxygens (including phenoxy) is 1. The maximum absolute atomic E-state index is 10.9. The van der Waals surface area contributed by atoms with E-state index in [0.717, 1.165) is 20.6 Å². The van der Waals surface area contributed by atoms with Crippen molar-refractivity contribution in [3.05, 3.63) is 92.0 Å². The zero-order chi connectivity index (χ0) is 24.6. The summed E-state index contributed by atoms with van der Waals surface area (Å²) in [5, 5.41) is 21.3. The first-order valence-electron chi connectivity index (χ1n) is 10.2. The normalized spacial score (nSPS) is 10.7. The van der Waals surface area contributed by atoms with Crippen molar-refractivity contribution in [2.45, 2.75) is 0 Å². The maximum atomic E-state index is 10.9. The van der Waals surface area contributed by atoms with Gasteiger partial charge in [0.25, 0.3) is 5.69 Å². The van der Waals surface area contributed by atoms with Gasteiger partial charge in [-0.2, -0.15) is 20.1 Å². The van der Waals surface area contributed by atoms with Gasteiger partial charge in [0.15, 0.2) is 0 Å². The summed E-state index contributed by atoms with van der Waals surface area (Å²) in [4.78, 5) is 23.6. The summed E-state index contributed by atoms with van der Waals surface area (Å²) in [6.07, 6.45) is 1.65. The lowest BCUT2D eigenvalue weighted by Crippen LogP contribution is -2.07. The van der Waals surface area contributed by atoms with Crippen LogP contribution in [-0.4, -0.2) is 33.2 Å². The lowest BCUT2D eigenvalue weighted by atomic mass is 10.2. The molecule has 12 heteroatoms. The number of hydrazone groups is 1. The predicted molar refractivity (Wildman–Crippen MR) is 143 cm³/mol. The van der Waals surface area contributed by atoms with Gasteiger partial charge in [-0.15, -0.1) is 0 Å². The van der Waals surface area contributed by atoms with E-state index in [2.05, 4.69) is 58.7 Å². The molecule has 0 spiro atoms. The molecule has 4 aromatic rings. The number of aromatic nitrogens is 3. The van der Waals surface area contributed by atoms with Gasteiger partial charge in [-0.1, -0.05) is 12.1 Å². The molecular formula is C23H19IN8O3. The number of rotatable bonds is 9. The lowest BCUT2D eigenvalue weighted by molar-refractivity contribution is -0.384. The summed E-state index contributed by atoms with van der Waals surface area (Å²) >= 11 is 2.24. The Morgan fingerprint density at radius 2 is 1.40 bits per heavy atom. The van der Waals surface area contributed by atoms with Gasteiger partial charge in [-0.25, -0.2) is 5.43 Å². The van der Waals surface area contributed by atoms with Crippen LogP contribution in [0.2, 0.25) is 0 Å². The Balaban J connectivity index is 1.57. The third-order valence-electron chi connectivity index (χ3n) is 4.56. The number of nitro benzene ring substituents is 1. The van der Waals surface area contributed by atoms with Gasteiger partial charge >= 0.3 is 0 Å². The summed E-state index contributed by atoms with van der Waals surface area (Å²) in [6, 6.07) is 21.0. The minimum atomic E-state index is -0.461. The van der Waals surface area contributed by atoms with Gasteiger partial charge in [0.2, 0.25) is 17.8 Å². The molecule has 0 aliphatic heterocycles. The standard InChI is InChI=1S/C23H19IN8O3/c1-35-20-12-8-18(9-13-20)27-22-28-21(26-17-6-10-19(11-7-17)32(33)34)29-23(30-22)31-25-14-15-2-4-16(24)5-3-15/h2-14H,1H3,(H3,26,27,28,29,30,31)/b25-14+. The second-order valence-corrected chi connectivity index (χ2v) is 8.26. The van der Waals surface area contributed by atoms with Crippen LogP contribution in [0.4, 0.5) is 34.9 Å². The Kier molecular flexibility index (Phi) is 7.62. The van der Waals surface area contributed by atoms with Crippen LogP contribution in [0.3, 0.4) is 0 Å². The first-order valence-corrected chi connectivity index (χ1v) is 11.3. The molecule has 3 N–H and O–H groups in total. The van der Waals surface area contributed by atoms with E-state index < -0.39 is 4.92 Å². The zero-order valence-corrected chi connectivity index (χ0v) is 20.5. The Hall–Kier alpha value is -4.33.